The fourth-order valence-corrected chi connectivity index (χ4v) is 5.26. The summed E-state index contributed by atoms with van der Waals surface area (Å²) in [4.78, 5) is 42.3. The van der Waals surface area contributed by atoms with E-state index in [4.69, 9.17) is 9.47 Å². The summed E-state index contributed by atoms with van der Waals surface area (Å²) in [5, 5.41) is 13.0. The van der Waals surface area contributed by atoms with Crippen molar-refractivity contribution in [1.29, 1.82) is 0 Å². The van der Waals surface area contributed by atoms with E-state index in [0.717, 1.165) is 12.0 Å². The zero-order valence-corrected chi connectivity index (χ0v) is 27.0. The number of ether oxygens (including phenoxy) is 2. The van der Waals surface area contributed by atoms with Gasteiger partial charge in [0, 0.05) is 44.8 Å². The van der Waals surface area contributed by atoms with Crippen molar-refractivity contribution >= 4 is 23.4 Å². The number of anilines is 1. The Morgan fingerprint density at radius 1 is 1.13 bits per heavy atom. The van der Waals surface area contributed by atoms with Gasteiger partial charge in [-0.2, -0.15) is 13.2 Å². The number of rotatable bonds is 9. The maximum absolute atomic E-state index is 14.2. The predicted molar refractivity (Wildman–Crippen MR) is 169 cm³/mol. The molecule has 2 aromatic rings. The number of nitrogens with zero attached hydrogens (tertiary/aromatic N) is 2. The molecule has 0 fully saturated rings. The number of fused-ring (bicyclic) bond motifs is 1. The molecule has 0 bridgehead atoms. The first-order valence-corrected chi connectivity index (χ1v) is 15.8. The summed E-state index contributed by atoms with van der Waals surface area (Å²) in [6, 6.07) is 13.6. The Morgan fingerprint density at radius 3 is 2.52 bits per heavy atom. The van der Waals surface area contributed by atoms with Gasteiger partial charge in [-0.05, 0) is 56.9 Å². The molecule has 46 heavy (non-hydrogen) atoms. The number of aliphatic hydroxyl groups is 1. The fourth-order valence-electron chi connectivity index (χ4n) is 5.26. The largest absolute Gasteiger partial charge is 0.490 e. The maximum atomic E-state index is 14.2. The molecule has 0 saturated heterocycles. The first-order chi connectivity index (χ1) is 21.8. The molecule has 0 spiro atoms. The minimum Gasteiger partial charge on any atom is -0.490 e. The molecular weight excluding hydrogens is 603 g/mol. The highest BCUT2D eigenvalue weighted by Crippen LogP contribution is 2.29. The lowest BCUT2D eigenvalue weighted by molar-refractivity contribution is -0.149. The molecule has 3 rings (SSSR count). The van der Waals surface area contributed by atoms with Crippen LogP contribution in [0.1, 0.15) is 68.8 Å². The van der Waals surface area contributed by atoms with Gasteiger partial charge < -0.3 is 29.7 Å². The minimum atomic E-state index is -4.44. The standard InChI is InChI=1S/C34H46F3N3O6/c1-23-20-40(24(2)22-41)33(44)28-19-27(38-31(42)18-26-11-6-5-7-12-26)13-14-29(28)46-25(3)10-8-9-17-45-30(23)21-39(4)32(43)15-16-34(35,36)37/h5-7,11-14,19,23-25,30,41H,8-10,15-18,20-22H2,1-4H3,(H,38,42)/t23-,24+,25+,30-/m1/s1. The Kier molecular flexibility index (Phi) is 13.9. The van der Waals surface area contributed by atoms with Crippen LogP contribution in [-0.2, 0) is 20.7 Å². The molecule has 0 saturated carbocycles. The van der Waals surface area contributed by atoms with E-state index in [1.54, 1.807) is 25.1 Å². The first-order valence-electron chi connectivity index (χ1n) is 15.8. The molecule has 9 nitrogen and oxygen atoms in total. The summed E-state index contributed by atoms with van der Waals surface area (Å²) >= 11 is 0. The molecule has 254 valence electrons. The van der Waals surface area contributed by atoms with Gasteiger partial charge >= 0.3 is 6.18 Å². The van der Waals surface area contributed by atoms with Crippen molar-refractivity contribution in [2.24, 2.45) is 5.92 Å². The van der Waals surface area contributed by atoms with Crippen LogP contribution in [0.15, 0.2) is 48.5 Å². The number of hydrogen-bond acceptors (Lipinski definition) is 6. The van der Waals surface area contributed by atoms with Crippen molar-refractivity contribution in [2.45, 2.75) is 83.7 Å². The van der Waals surface area contributed by atoms with Crippen LogP contribution in [0.4, 0.5) is 18.9 Å². The lowest BCUT2D eigenvalue weighted by atomic mass is 10.0. The van der Waals surface area contributed by atoms with Crippen LogP contribution in [0.2, 0.25) is 0 Å². The summed E-state index contributed by atoms with van der Waals surface area (Å²) in [6.07, 6.45) is -4.87. The van der Waals surface area contributed by atoms with Gasteiger partial charge in [0.15, 0.2) is 0 Å². The second-order valence-electron chi connectivity index (χ2n) is 12.1. The fraction of sp³-hybridized carbons (Fsp3) is 0.559. The lowest BCUT2D eigenvalue weighted by Crippen LogP contribution is -2.48. The van der Waals surface area contributed by atoms with Gasteiger partial charge in [-0.25, -0.2) is 0 Å². The van der Waals surface area contributed by atoms with E-state index in [1.807, 2.05) is 44.2 Å². The van der Waals surface area contributed by atoms with E-state index in [-0.39, 0.29) is 49.6 Å². The average Bonchev–Trinajstić information content (AvgIpc) is 3.01. The lowest BCUT2D eigenvalue weighted by Gasteiger charge is -2.36. The number of halogens is 3. The molecule has 2 N–H and O–H groups in total. The molecular formula is C34H46F3N3O6. The third-order valence-corrected chi connectivity index (χ3v) is 8.04. The van der Waals surface area contributed by atoms with Crippen LogP contribution in [0, 0.1) is 5.92 Å². The maximum Gasteiger partial charge on any atom is 0.389 e. The number of hydrogen-bond donors (Lipinski definition) is 2. The van der Waals surface area contributed by atoms with Gasteiger partial charge in [0.1, 0.15) is 5.75 Å². The summed E-state index contributed by atoms with van der Waals surface area (Å²) < 4.78 is 50.6. The van der Waals surface area contributed by atoms with Crippen molar-refractivity contribution < 1.29 is 42.1 Å². The monoisotopic (exact) mass is 649 g/mol. The van der Waals surface area contributed by atoms with Crippen molar-refractivity contribution in [3.8, 4) is 5.75 Å². The SMILES string of the molecule is C[C@@H]1CN([C@@H](C)CO)C(=O)c2cc(NC(=O)Cc3ccccc3)ccc2O[C@@H](C)CCCCO[C@@H]1CN(C)C(=O)CCC(F)(F)F. The van der Waals surface area contributed by atoms with Gasteiger partial charge in [0.25, 0.3) is 5.91 Å². The average molecular weight is 650 g/mol. The molecule has 2 aromatic carbocycles. The number of carbonyl (C=O) groups is 3. The highest BCUT2D eigenvalue weighted by molar-refractivity contribution is 6.00. The molecule has 4 atom stereocenters. The highest BCUT2D eigenvalue weighted by Gasteiger charge is 2.32. The molecule has 0 unspecified atom stereocenters. The third kappa shape index (κ3) is 11.6. The smallest absolute Gasteiger partial charge is 0.389 e. The third-order valence-electron chi connectivity index (χ3n) is 8.04. The normalized spacial score (nSPS) is 20.6. The molecule has 1 aliphatic heterocycles. The zero-order valence-electron chi connectivity index (χ0n) is 27.0. The molecule has 0 aliphatic carbocycles. The van der Waals surface area contributed by atoms with Crippen molar-refractivity contribution in [1.82, 2.24) is 9.80 Å². The first kappa shape index (κ1) is 36.8. The zero-order chi connectivity index (χ0) is 33.9. The van der Waals surface area contributed by atoms with E-state index in [1.165, 1.54) is 16.8 Å². The number of aliphatic hydroxyl groups excluding tert-OH is 1. The Balaban J connectivity index is 1.89. The topological polar surface area (TPSA) is 108 Å². The summed E-state index contributed by atoms with van der Waals surface area (Å²) in [6.45, 7) is 5.63. The van der Waals surface area contributed by atoms with E-state index in [2.05, 4.69) is 5.32 Å². The Bertz CT molecular complexity index is 1290. The van der Waals surface area contributed by atoms with E-state index >= 15 is 0 Å². The van der Waals surface area contributed by atoms with E-state index in [0.29, 0.717) is 30.9 Å². The Morgan fingerprint density at radius 2 is 1.85 bits per heavy atom. The molecule has 12 heteroatoms. The summed E-state index contributed by atoms with van der Waals surface area (Å²) in [5.74, 6) is -1.35. The second-order valence-corrected chi connectivity index (χ2v) is 12.1. The van der Waals surface area contributed by atoms with Crippen LogP contribution in [-0.4, -0.2) is 90.4 Å². The molecule has 1 aliphatic rings. The van der Waals surface area contributed by atoms with Gasteiger partial charge in [-0.1, -0.05) is 37.3 Å². The second kappa shape index (κ2) is 17.3. The van der Waals surface area contributed by atoms with E-state index < -0.39 is 43.0 Å². The van der Waals surface area contributed by atoms with E-state index in [9.17, 15) is 32.7 Å². The summed E-state index contributed by atoms with van der Waals surface area (Å²) in [7, 11) is 1.45. The van der Waals surface area contributed by atoms with Crippen LogP contribution < -0.4 is 10.1 Å². The number of benzene rings is 2. The van der Waals surface area contributed by atoms with Crippen molar-refractivity contribution in [3.63, 3.8) is 0 Å². The van der Waals surface area contributed by atoms with Crippen LogP contribution >= 0.6 is 0 Å². The molecule has 1 heterocycles. The van der Waals surface area contributed by atoms with Gasteiger partial charge in [0.2, 0.25) is 11.8 Å². The van der Waals surface area contributed by atoms with Gasteiger partial charge in [0.05, 0.1) is 43.3 Å². The van der Waals surface area contributed by atoms with Crippen LogP contribution in [0.25, 0.3) is 0 Å². The Labute approximate surface area is 269 Å². The molecule has 0 aromatic heterocycles. The molecule has 3 amide bonds. The number of amides is 3. The van der Waals surface area contributed by atoms with Crippen LogP contribution in [0.5, 0.6) is 5.75 Å². The van der Waals surface area contributed by atoms with Crippen molar-refractivity contribution in [3.05, 3.63) is 59.7 Å². The van der Waals surface area contributed by atoms with Crippen molar-refractivity contribution in [2.75, 3.05) is 38.7 Å². The van der Waals surface area contributed by atoms with Crippen LogP contribution in [0.3, 0.4) is 0 Å². The number of likely N-dealkylation sites (N-methyl/N-ethyl adjacent to an activating group) is 1. The Hall–Kier alpha value is -3.64. The summed E-state index contributed by atoms with van der Waals surface area (Å²) in [5.41, 5.74) is 1.47. The number of nitrogens with one attached hydrogen (secondary N) is 1. The van der Waals surface area contributed by atoms with Gasteiger partial charge in [-0.15, -0.1) is 0 Å². The quantitative estimate of drug-likeness (QED) is 0.374. The molecule has 0 radical (unpaired) electrons. The number of carbonyl (C=O) groups excluding carboxylic acids is 3. The minimum absolute atomic E-state index is 0.0427. The highest BCUT2D eigenvalue weighted by atomic mass is 19.4. The van der Waals surface area contributed by atoms with Gasteiger partial charge in [-0.3, -0.25) is 14.4 Å². The predicted octanol–water partition coefficient (Wildman–Crippen LogP) is 5.46. The number of alkyl halides is 3.